The number of imidazole rings is 1. The van der Waals surface area contributed by atoms with Crippen LogP contribution in [0, 0.1) is 0 Å². The van der Waals surface area contributed by atoms with Gasteiger partial charge in [-0.3, -0.25) is 0 Å². The second-order valence-electron chi connectivity index (χ2n) is 4.15. The van der Waals surface area contributed by atoms with Gasteiger partial charge in [0.05, 0.1) is 11.0 Å². The maximum atomic E-state index is 4.64. The van der Waals surface area contributed by atoms with E-state index >= 15 is 0 Å². The number of para-hydroxylation sites is 2. The molecule has 1 aromatic carbocycles. The lowest BCUT2D eigenvalue weighted by molar-refractivity contribution is 0.592. The molecule has 78 valence electrons. The van der Waals surface area contributed by atoms with Gasteiger partial charge in [-0.2, -0.15) is 0 Å². The van der Waals surface area contributed by atoms with Crippen molar-refractivity contribution in [2.45, 2.75) is 23.4 Å². The Bertz CT molecular complexity index is 522. The van der Waals surface area contributed by atoms with Crippen molar-refractivity contribution in [3.63, 3.8) is 0 Å². The molecule has 1 atom stereocenters. The predicted molar refractivity (Wildman–Crippen MR) is 67.8 cm³/mol. The van der Waals surface area contributed by atoms with Crippen molar-refractivity contribution in [1.29, 1.82) is 0 Å². The van der Waals surface area contributed by atoms with Crippen molar-refractivity contribution in [3.8, 4) is 0 Å². The number of nitrogens with zero attached hydrogens (tertiary/aromatic N) is 2. The summed E-state index contributed by atoms with van der Waals surface area (Å²) in [5.41, 5.74) is 2.36. The normalized spacial score (nSPS) is 24.7. The van der Waals surface area contributed by atoms with Crippen LogP contribution in [0.25, 0.3) is 11.0 Å². The molecule has 2 nitrogen and oxygen atoms in total. The highest BCUT2D eigenvalue weighted by Gasteiger charge is 2.35. The van der Waals surface area contributed by atoms with Crippen molar-refractivity contribution in [2.24, 2.45) is 0 Å². The largest absolute Gasteiger partial charge is 0.317 e. The van der Waals surface area contributed by atoms with E-state index < -0.39 is 0 Å². The van der Waals surface area contributed by atoms with Gasteiger partial charge in [0.2, 0.25) is 0 Å². The number of halogens is 1. The third-order valence-electron chi connectivity index (χ3n) is 2.73. The number of rotatable bonds is 1. The zero-order valence-electron chi connectivity index (χ0n) is 8.40. The van der Waals surface area contributed by atoms with Crippen molar-refractivity contribution >= 4 is 38.7 Å². The van der Waals surface area contributed by atoms with Crippen LogP contribution in [-0.2, 0) is 6.54 Å². The first-order valence-corrected chi connectivity index (χ1v) is 6.86. The molecular weight excluding hydrogens is 272 g/mol. The van der Waals surface area contributed by atoms with Gasteiger partial charge in [0.25, 0.3) is 0 Å². The van der Waals surface area contributed by atoms with Gasteiger partial charge in [-0.05, 0) is 19.1 Å². The SMILES string of the molecule is CC1(CBr)Cn2c(nc3ccccc32)S1. The number of alkyl halides is 1. The van der Waals surface area contributed by atoms with Crippen LogP contribution in [0.4, 0.5) is 0 Å². The van der Waals surface area contributed by atoms with E-state index in [1.807, 2.05) is 17.8 Å². The lowest BCUT2D eigenvalue weighted by atomic mass is 10.2. The first kappa shape index (κ1) is 9.73. The van der Waals surface area contributed by atoms with Gasteiger partial charge in [-0.25, -0.2) is 4.98 Å². The number of hydrogen-bond acceptors (Lipinski definition) is 2. The highest BCUT2D eigenvalue weighted by molar-refractivity contribution is 9.09. The summed E-state index contributed by atoms with van der Waals surface area (Å²) < 4.78 is 2.58. The summed E-state index contributed by atoms with van der Waals surface area (Å²) in [6.07, 6.45) is 0. The van der Waals surface area contributed by atoms with Crippen LogP contribution < -0.4 is 0 Å². The Morgan fingerprint density at radius 2 is 2.33 bits per heavy atom. The second-order valence-corrected chi connectivity index (χ2v) is 6.27. The number of benzene rings is 1. The van der Waals surface area contributed by atoms with Gasteiger partial charge in [-0.1, -0.05) is 39.8 Å². The third-order valence-corrected chi connectivity index (χ3v) is 5.60. The Labute approximate surface area is 101 Å². The first-order chi connectivity index (χ1) is 7.22. The summed E-state index contributed by atoms with van der Waals surface area (Å²) in [6, 6.07) is 8.34. The van der Waals surface area contributed by atoms with E-state index in [1.165, 1.54) is 5.52 Å². The van der Waals surface area contributed by atoms with Crippen molar-refractivity contribution in [2.75, 3.05) is 5.33 Å². The molecule has 1 unspecified atom stereocenters. The second kappa shape index (κ2) is 3.25. The molecule has 0 bridgehead atoms. The zero-order valence-corrected chi connectivity index (χ0v) is 10.8. The van der Waals surface area contributed by atoms with Gasteiger partial charge in [0.1, 0.15) is 0 Å². The number of thioether (sulfide) groups is 1. The Kier molecular flexibility index (Phi) is 2.11. The van der Waals surface area contributed by atoms with Crippen LogP contribution in [0.2, 0.25) is 0 Å². The van der Waals surface area contributed by atoms with E-state index in [1.54, 1.807) is 0 Å². The number of hydrogen-bond donors (Lipinski definition) is 0. The van der Waals surface area contributed by atoms with E-state index in [-0.39, 0.29) is 4.75 Å². The molecule has 2 aromatic rings. The number of fused-ring (bicyclic) bond motifs is 3. The summed E-state index contributed by atoms with van der Waals surface area (Å²) in [6.45, 7) is 3.31. The third kappa shape index (κ3) is 1.42. The maximum Gasteiger partial charge on any atom is 0.169 e. The molecule has 0 amide bonds. The molecule has 0 fully saturated rings. The van der Waals surface area contributed by atoms with Crippen LogP contribution in [0.1, 0.15) is 6.92 Å². The van der Waals surface area contributed by atoms with E-state index in [0.29, 0.717) is 0 Å². The van der Waals surface area contributed by atoms with Gasteiger partial charge in [-0.15, -0.1) is 0 Å². The highest BCUT2D eigenvalue weighted by Crippen LogP contribution is 2.43. The standard InChI is InChI=1S/C11H11BrN2S/c1-11(6-12)7-14-9-5-3-2-4-8(9)13-10(14)15-11/h2-5H,6-7H2,1H3. The Morgan fingerprint density at radius 3 is 3.13 bits per heavy atom. The topological polar surface area (TPSA) is 17.8 Å². The number of aromatic nitrogens is 2. The summed E-state index contributed by atoms with van der Waals surface area (Å²) in [7, 11) is 0. The van der Waals surface area contributed by atoms with Crippen LogP contribution in [0.3, 0.4) is 0 Å². The lowest BCUT2D eigenvalue weighted by Gasteiger charge is -2.17. The first-order valence-electron chi connectivity index (χ1n) is 4.92. The fourth-order valence-electron chi connectivity index (χ4n) is 1.94. The lowest BCUT2D eigenvalue weighted by Crippen LogP contribution is -2.22. The van der Waals surface area contributed by atoms with Crippen molar-refractivity contribution in [3.05, 3.63) is 24.3 Å². The molecule has 0 aliphatic carbocycles. The van der Waals surface area contributed by atoms with Gasteiger partial charge < -0.3 is 4.57 Å². The van der Waals surface area contributed by atoms with Crippen LogP contribution in [0.15, 0.2) is 29.4 Å². The molecule has 1 aliphatic rings. The van der Waals surface area contributed by atoms with Gasteiger partial charge in [0.15, 0.2) is 5.16 Å². The summed E-state index contributed by atoms with van der Waals surface area (Å²) in [5.74, 6) is 0. The average Bonchev–Trinajstić information content (AvgIpc) is 2.72. The monoisotopic (exact) mass is 282 g/mol. The average molecular weight is 283 g/mol. The summed E-state index contributed by atoms with van der Waals surface area (Å²) >= 11 is 5.45. The van der Waals surface area contributed by atoms with E-state index in [2.05, 4.69) is 50.6 Å². The molecule has 1 aromatic heterocycles. The summed E-state index contributed by atoms with van der Waals surface area (Å²) in [5, 5.41) is 2.15. The molecule has 0 saturated carbocycles. The van der Waals surface area contributed by atoms with Crippen molar-refractivity contribution in [1.82, 2.24) is 9.55 Å². The van der Waals surface area contributed by atoms with Gasteiger partial charge in [0, 0.05) is 16.6 Å². The Morgan fingerprint density at radius 1 is 1.53 bits per heavy atom. The molecule has 2 heterocycles. The fraction of sp³-hybridized carbons (Fsp3) is 0.364. The smallest absolute Gasteiger partial charge is 0.169 e. The van der Waals surface area contributed by atoms with E-state index in [4.69, 9.17) is 0 Å². The minimum absolute atomic E-state index is 0.256. The molecule has 4 heteroatoms. The molecule has 0 radical (unpaired) electrons. The van der Waals surface area contributed by atoms with E-state index in [9.17, 15) is 0 Å². The Hall–Kier alpha value is -0.480. The van der Waals surface area contributed by atoms with E-state index in [0.717, 1.165) is 22.5 Å². The highest BCUT2D eigenvalue weighted by atomic mass is 79.9. The quantitative estimate of drug-likeness (QED) is 0.747. The predicted octanol–water partition coefficient (Wildman–Crippen LogP) is 3.30. The zero-order chi connectivity index (χ0) is 10.5. The van der Waals surface area contributed by atoms with Crippen LogP contribution in [0.5, 0.6) is 0 Å². The minimum Gasteiger partial charge on any atom is -0.317 e. The van der Waals surface area contributed by atoms with Gasteiger partial charge >= 0.3 is 0 Å². The molecular formula is C11H11BrN2S. The fourth-order valence-corrected chi connectivity index (χ4v) is 3.57. The molecule has 0 spiro atoms. The molecule has 3 rings (SSSR count). The molecule has 1 aliphatic heterocycles. The summed E-state index contributed by atoms with van der Waals surface area (Å²) in [4.78, 5) is 4.64. The molecule has 15 heavy (non-hydrogen) atoms. The molecule has 0 saturated heterocycles. The molecule has 0 N–H and O–H groups in total. The van der Waals surface area contributed by atoms with Crippen LogP contribution in [-0.4, -0.2) is 19.6 Å². The maximum absolute atomic E-state index is 4.64. The van der Waals surface area contributed by atoms with Crippen molar-refractivity contribution < 1.29 is 0 Å². The minimum atomic E-state index is 0.256. The Balaban J connectivity index is 2.16. The van der Waals surface area contributed by atoms with Crippen LogP contribution >= 0.6 is 27.7 Å².